The summed E-state index contributed by atoms with van der Waals surface area (Å²) in [6.07, 6.45) is 2.92. The summed E-state index contributed by atoms with van der Waals surface area (Å²) in [5, 5.41) is 2.90. The van der Waals surface area contributed by atoms with Crippen LogP contribution in [0.2, 0.25) is 0 Å². The molecule has 2 aromatic rings. The maximum absolute atomic E-state index is 12.5. The van der Waals surface area contributed by atoms with Crippen LogP contribution < -0.4 is 10.1 Å². The number of nitrogens with one attached hydrogen (secondary N) is 1. The monoisotopic (exact) mass is 364 g/mol. The number of hydrogen-bond acceptors (Lipinski definition) is 3. The lowest BCUT2D eigenvalue weighted by molar-refractivity contribution is -0.132. The van der Waals surface area contributed by atoms with E-state index in [1.54, 1.807) is 12.1 Å². The second kappa shape index (κ2) is 7.82. The number of carbonyl (C=O) groups is 2. The highest BCUT2D eigenvalue weighted by Crippen LogP contribution is 2.31. The van der Waals surface area contributed by atoms with Gasteiger partial charge >= 0.3 is 0 Å². The van der Waals surface area contributed by atoms with Crippen molar-refractivity contribution >= 4 is 17.5 Å². The molecule has 1 saturated carbocycles. The molecule has 5 nitrogen and oxygen atoms in total. The fraction of sp³-hybridized carbons (Fsp3) is 0.364. The van der Waals surface area contributed by atoms with Gasteiger partial charge in [0.25, 0.3) is 5.91 Å². The highest BCUT2D eigenvalue weighted by molar-refractivity contribution is 5.94. The molecule has 1 N–H and O–H groups in total. The molecule has 2 aromatic carbocycles. The van der Waals surface area contributed by atoms with Gasteiger partial charge in [-0.15, -0.1) is 0 Å². The van der Waals surface area contributed by atoms with E-state index < -0.39 is 0 Å². The summed E-state index contributed by atoms with van der Waals surface area (Å²) in [4.78, 5) is 26.2. The number of hydrogen-bond donors (Lipinski definition) is 1. The molecule has 1 atom stereocenters. The third-order valence-electron chi connectivity index (χ3n) is 5.22. The minimum Gasteiger partial charge on any atom is -0.484 e. The van der Waals surface area contributed by atoms with Crippen LogP contribution in [0.3, 0.4) is 0 Å². The van der Waals surface area contributed by atoms with E-state index in [-0.39, 0.29) is 24.3 Å². The molecule has 2 aliphatic rings. The first kappa shape index (κ1) is 17.6. The summed E-state index contributed by atoms with van der Waals surface area (Å²) in [5.41, 5.74) is 2.00. The Balaban J connectivity index is 1.28. The number of rotatable bonds is 6. The predicted molar refractivity (Wildman–Crippen MR) is 104 cm³/mol. The van der Waals surface area contributed by atoms with E-state index in [1.807, 2.05) is 35.2 Å². The zero-order valence-electron chi connectivity index (χ0n) is 15.3. The first-order chi connectivity index (χ1) is 13.2. The van der Waals surface area contributed by atoms with Gasteiger partial charge in [-0.1, -0.05) is 36.4 Å². The van der Waals surface area contributed by atoms with Crippen LogP contribution in [0.4, 0.5) is 5.69 Å². The number of amides is 2. The number of ether oxygens (including phenoxy) is 1. The molecule has 1 unspecified atom stereocenters. The second-order valence-corrected chi connectivity index (χ2v) is 7.32. The highest BCUT2D eigenvalue weighted by atomic mass is 16.5. The molecule has 0 aromatic heterocycles. The molecule has 2 amide bonds. The zero-order valence-corrected chi connectivity index (χ0v) is 15.3. The Bertz CT molecular complexity index is 817. The first-order valence-electron chi connectivity index (χ1n) is 9.55. The molecule has 27 heavy (non-hydrogen) atoms. The predicted octanol–water partition coefficient (Wildman–Crippen LogP) is 3.43. The lowest BCUT2D eigenvalue weighted by atomic mass is 9.99. The molecule has 1 aliphatic heterocycles. The lowest BCUT2D eigenvalue weighted by Gasteiger charge is -2.17. The van der Waals surface area contributed by atoms with Gasteiger partial charge in [0.2, 0.25) is 5.91 Å². The van der Waals surface area contributed by atoms with Crippen LogP contribution in [0.5, 0.6) is 5.75 Å². The Morgan fingerprint density at radius 2 is 1.85 bits per heavy atom. The Hall–Kier alpha value is -2.82. The van der Waals surface area contributed by atoms with Crippen LogP contribution in [0.25, 0.3) is 0 Å². The molecule has 0 radical (unpaired) electrons. The molecule has 5 heteroatoms. The van der Waals surface area contributed by atoms with Crippen LogP contribution in [-0.4, -0.2) is 36.4 Å². The molecule has 0 spiro atoms. The third kappa shape index (κ3) is 4.48. The van der Waals surface area contributed by atoms with Crippen LogP contribution >= 0.6 is 0 Å². The number of nitrogens with zero attached hydrogens (tertiary/aromatic N) is 1. The molecular weight excluding hydrogens is 340 g/mol. The van der Waals surface area contributed by atoms with Gasteiger partial charge < -0.3 is 15.0 Å². The molecule has 140 valence electrons. The molecule has 4 rings (SSSR count). The zero-order chi connectivity index (χ0) is 18.6. The Morgan fingerprint density at radius 1 is 1.04 bits per heavy atom. The van der Waals surface area contributed by atoms with Crippen molar-refractivity contribution in [2.24, 2.45) is 5.92 Å². The van der Waals surface area contributed by atoms with E-state index in [4.69, 9.17) is 4.74 Å². The molecule has 1 saturated heterocycles. The molecule has 1 heterocycles. The van der Waals surface area contributed by atoms with Gasteiger partial charge in [0.05, 0.1) is 0 Å². The van der Waals surface area contributed by atoms with Crippen LogP contribution in [-0.2, 0) is 9.59 Å². The van der Waals surface area contributed by atoms with E-state index in [9.17, 15) is 9.59 Å². The number of likely N-dealkylation sites (tertiary alicyclic amines) is 1. The van der Waals surface area contributed by atoms with E-state index in [0.29, 0.717) is 17.4 Å². The average Bonchev–Trinajstić information content (AvgIpc) is 3.44. The van der Waals surface area contributed by atoms with E-state index >= 15 is 0 Å². The van der Waals surface area contributed by atoms with E-state index in [0.717, 1.165) is 32.4 Å². The van der Waals surface area contributed by atoms with Crippen molar-refractivity contribution in [2.45, 2.75) is 25.2 Å². The number of benzene rings is 2. The van der Waals surface area contributed by atoms with Crippen molar-refractivity contribution in [2.75, 3.05) is 25.0 Å². The van der Waals surface area contributed by atoms with Crippen molar-refractivity contribution in [3.8, 4) is 5.75 Å². The van der Waals surface area contributed by atoms with Crippen molar-refractivity contribution in [3.05, 3.63) is 60.2 Å². The molecule has 0 bridgehead atoms. The maximum Gasteiger partial charge on any atom is 0.260 e. The van der Waals surface area contributed by atoms with Crippen LogP contribution in [0.15, 0.2) is 54.6 Å². The van der Waals surface area contributed by atoms with Gasteiger partial charge in [-0.3, -0.25) is 9.59 Å². The summed E-state index contributed by atoms with van der Waals surface area (Å²) < 4.78 is 5.68. The van der Waals surface area contributed by atoms with Gasteiger partial charge in [0.15, 0.2) is 6.61 Å². The summed E-state index contributed by atoms with van der Waals surface area (Å²) in [5.74, 6) is 1.21. The van der Waals surface area contributed by atoms with E-state index in [1.165, 1.54) is 5.56 Å². The fourth-order valence-corrected chi connectivity index (χ4v) is 3.47. The first-order valence-corrected chi connectivity index (χ1v) is 9.55. The second-order valence-electron chi connectivity index (χ2n) is 7.32. The summed E-state index contributed by atoms with van der Waals surface area (Å²) in [6, 6.07) is 17.6. The van der Waals surface area contributed by atoms with Crippen LogP contribution in [0, 0.1) is 5.92 Å². The topological polar surface area (TPSA) is 58.6 Å². The number of carbonyl (C=O) groups excluding carboxylic acids is 2. The Morgan fingerprint density at radius 3 is 2.63 bits per heavy atom. The summed E-state index contributed by atoms with van der Waals surface area (Å²) >= 11 is 0. The van der Waals surface area contributed by atoms with Crippen molar-refractivity contribution in [1.82, 2.24) is 4.90 Å². The molecule has 1 aliphatic carbocycles. The third-order valence-corrected chi connectivity index (χ3v) is 5.22. The van der Waals surface area contributed by atoms with Crippen molar-refractivity contribution in [3.63, 3.8) is 0 Å². The minimum absolute atomic E-state index is 0.000787. The quantitative estimate of drug-likeness (QED) is 0.854. The van der Waals surface area contributed by atoms with Gasteiger partial charge in [-0.05, 0) is 37.0 Å². The summed E-state index contributed by atoms with van der Waals surface area (Å²) in [6.45, 7) is 1.52. The summed E-state index contributed by atoms with van der Waals surface area (Å²) in [7, 11) is 0. The van der Waals surface area contributed by atoms with Gasteiger partial charge in [0, 0.05) is 36.7 Å². The average molecular weight is 364 g/mol. The van der Waals surface area contributed by atoms with Crippen molar-refractivity contribution in [1.29, 1.82) is 0 Å². The van der Waals surface area contributed by atoms with Crippen LogP contribution in [0.1, 0.15) is 30.7 Å². The van der Waals surface area contributed by atoms with Gasteiger partial charge in [-0.2, -0.15) is 0 Å². The van der Waals surface area contributed by atoms with Crippen molar-refractivity contribution < 1.29 is 14.3 Å². The highest BCUT2D eigenvalue weighted by Gasteiger charge is 2.30. The fourth-order valence-electron chi connectivity index (χ4n) is 3.47. The van der Waals surface area contributed by atoms with E-state index in [2.05, 4.69) is 17.4 Å². The SMILES string of the molecule is O=C(Nc1cccc(OCC(=O)N2CCC(c3ccccc3)C2)c1)C1CC1. The van der Waals surface area contributed by atoms with Gasteiger partial charge in [-0.25, -0.2) is 0 Å². The smallest absolute Gasteiger partial charge is 0.260 e. The Kier molecular flexibility index (Phi) is 5.10. The Labute approximate surface area is 159 Å². The lowest BCUT2D eigenvalue weighted by Crippen LogP contribution is -2.32. The largest absolute Gasteiger partial charge is 0.484 e. The number of anilines is 1. The standard InChI is InChI=1S/C22H24N2O3/c25-21(24-12-11-18(14-24)16-5-2-1-3-6-16)15-27-20-8-4-7-19(13-20)23-22(26)17-9-10-17/h1-8,13,17-18H,9-12,14-15H2,(H,23,26). The maximum atomic E-state index is 12.5. The molecular formula is C22H24N2O3. The molecule has 2 fully saturated rings. The van der Waals surface area contributed by atoms with Gasteiger partial charge in [0.1, 0.15) is 5.75 Å². The minimum atomic E-state index is 0.000787. The normalized spacial score (nSPS) is 19.0.